The van der Waals surface area contributed by atoms with Crippen molar-refractivity contribution in [3.8, 4) is 0 Å². The predicted octanol–water partition coefficient (Wildman–Crippen LogP) is 2.30. The summed E-state index contributed by atoms with van der Waals surface area (Å²) in [6.07, 6.45) is 1.44. The molecule has 7 heteroatoms. The van der Waals surface area contributed by atoms with Crippen LogP contribution in [0.25, 0.3) is 0 Å². The molecule has 116 valence electrons. The number of benzene rings is 1. The van der Waals surface area contributed by atoms with Gasteiger partial charge in [0, 0.05) is 30.8 Å². The van der Waals surface area contributed by atoms with Crippen molar-refractivity contribution < 1.29 is 14.7 Å². The number of aliphatic carboxylic acids is 1. The Balaban J connectivity index is 2.20. The quantitative estimate of drug-likeness (QED) is 0.851. The predicted molar refractivity (Wildman–Crippen MR) is 84.3 cm³/mol. The maximum Gasteiger partial charge on any atom is 0.305 e. The Morgan fingerprint density at radius 1 is 1.36 bits per heavy atom. The summed E-state index contributed by atoms with van der Waals surface area (Å²) >= 11 is 3.39. The van der Waals surface area contributed by atoms with Crippen LogP contribution in [0.2, 0.25) is 0 Å². The van der Waals surface area contributed by atoms with Crippen molar-refractivity contribution >= 4 is 27.8 Å². The third-order valence-corrected chi connectivity index (χ3v) is 3.68. The zero-order chi connectivity index (χ0) is 16.1. The third-order valence-electron chi connectivity index (χ3n) is 3.19. The lowest BCUT2D eigenvalue weighted by molar-refractivity contribution is -0.137. The van der Waals surface area contributed by atoms with Crippen molar-refractivity contribution in [3.63, 3.8) is 0 Å². The van der Waals surface area contributed by atoms with Gasteiger partial charge in [-0.2, -0.15) is 5.10 Å². The van der Waals surface area contributed by atoms with Crippen molar-refractivity contribution in [2.24, 2.45) is 7.05 Å². The van der Waals surface area contributed by atoms with Gasteiger partial charge in [0.1, 0.15) is 5.69 Å². The van der Waals surface area contributed by atoms with Crippen LogP contribution in [0, 0.1) is 0 Å². The summed E-state index contributed by atoms with van der Waals surface area (Å²) in [7, 11) is 1.68. The monoisotopic (exact) mass is 365 g/mol. The van der Waals surface area contributed by atoms with Crippen molar-refractivity contribution in [1.29, 1.82) is 0 Å². The number of hydrogen-bond donors (Lipinski definition) is 1. The second-order valence-electron chi connectivity index (χ2n) is 4.84. The fraction of sp³-hybridized carbons (Fsp3) is 0.267. The lowest BCUT2D eigenvalue weighted by atomic mass is 10.2. The fourth-order valence-electron chi connectivity index (χ4n) is 2.08. The van der Waals surface area contributed by atoms with Gasteiger partial charge in [0.15, 0.2) is 0 Å². The second kappa shape index (κ2) is 7.22. The molecule has 0 saturated carbocycles. The van der Waals surface area contributed by atoms with Crippen molar-refractivity contribution in [2.75, 3.05) is 6.54 Å². The molecule has 0 bridgehead atoms. The van der Waals surface area contributed by atoms with Crippen LogP contribution in [-0.2, 0) is 18.4 Å². The second-order valence-corrected chi connectivity index (χ2v) is 5.76. The first-order valence-electron chi connectivity index (χ1n) is 6.71. The summed E-state index contributed by atoms with van der Waals surface area (Å²) < 4.78 is 2.40. The van der Waals surface area contributed by atoms with E-state index in [4.69, 9.17) is 5.11 Å². The summed E-state index contributed by atoms with van der Waals surface area (Å²) in [5.41, 5.74) is 1.36. The van der Waals surface area contributed by atoms with Gasteiger partial charge in [-0.15, -0.1) is 0 Å². The number of hydrogen-bond acceptors (Lipinski definition) is 3. The smallest absolute Gasteiger partial charge is 0.305 e. The van der Waals surface area contributed by atoms with Crippen LogP contribution in [0.4, 0.5) is 0 Å². The molecular weight excluding hydrogens is 350 g/mol. The van der Waals surface area contributed by atoms with Crippen LogP contribution in [0.15, 0.2) is 41.0 Å². The number of rotatable bonds is 6. The summed E-state index contributed by atoms with van der Waals surface area (Å²) in [6.45, 7) is 0.489. The highest BCUT2D eigenvalue weighted by molar-refractivity contribution is 9.10. The Labute approximate surface area is 136 Å². The first-order chi connectivity index (χ1) is 10.5. The number of nitrogens with zero attached hydrogens (tertiary/aromatic N) is 3. The highest BCUT2D eigenvalue weighted by Gasteiger charge is 2.19. The number of aromatic nitrogens is 2. The van der Waals surface area contributed by atoms with Gasteiger partial charge < -0.3 is 10.0 Å². The molecule has 6 nitrogen and oxygen atoms in total. The van der Waals surface area contributed by atoms with Crippen LogP contribution in [0.5, 0.6) is 0 Å². The molecule has 1 amide bonds. The maximum absolute atomic E-state index is 12.6. The lowest BCUT2D eigenvalue weighted by Gasteiger charge is -2.22. The van der Waals surface area contributed by atoms with E-state index in [9.17, 15) is 9.59 Å². The normalized spacial score (nSPS) is 10.5. The molecule has 1 N–H and O–H groups in total. The lowest BCUT2D eigenvalue weighted by Crippen LogP contribution is -2.33. The molecule has 0 fully saturated rings. The van der Waals surface area contributed by atoms with E-state index in [1.165, 1.54) is 9.58 Å². The number of aryl methyl sites for hydroxylation is 1. The summed E-state index contributed by atoms with van der Waals surface area (Å²) in [4.78, 5) is 24.9. The number of carboxylic acid groups (broad SMARTS) is 1. The number of carbonyl (C=O) groups excluding carboxylic acids is 1. The molecular formula is C15H16BrN3O3. The molecule has 1 heterocycles. The van der Waals surface area contributed by atoms with E-state index in [0.717, 1.165) is 10.0 Å². The molecule has 0 unspecified atom stereocenters. The molecule has 0 spiro atoms. The van der Waals surface area contributed by atoms with Crippen molar-refractivity contribution in [2.45, 2.75) is 13.0 Å². The van der Waals surface area contributed by atoms with E-state index in [1.54, 1.807) is 19.3 Å². The number of carbonyl (C=O) groups is 2. The zero-order valence-electron chi connectivity index (χ0n) is 12.1. The Hall–Kier alpha value is -2.15. The SMILES string of the molecule is Cn1nccc1C(=O)N(CCC(=O)O)Cc1cccc(Br)c1. The minimum Gasteiger partial charge on any atom is -0.481 e. The molecule has 2 rings (SSSR count). The van der Waals surface area contributed by atoms with E-state index in [0.29, 0.717) is 12.2 Å². The van der Waals surface area contributed by atoms with Crippen molar-refractivity contribution in [3.05, 3.63) is 52.3 Å². The topological polar surface area (TPSA) is 75.4 Å². The maximum atomic E-state index is 12.6. The minimum atomic E-state index is -0.933. The van der Waals surface area contributed by atoms with Crippen LogP contribution in [-0.4, -0.2) is 38.2 Å². The molecule has 0 aliphatic rings. The van der Waals surface area contributed by atoms with Gasteiger partial charge in [0.05, 0.1) is 6.42 Å². The molecule has 1 aromatic heterocycles. The van der Waals surface area contributed by atoms with Crippen LogP contribution in [0.3, 0.4) is 0 Å². The molecule has 0 saturated heterocycles. The molecule has 2 aromatic rings. The van der Waals surface area contributed by atoms with Gasteiger partial charge in [0.25, 0.3) is 5.91 Å². The van der Waals surface area contributed by atoms with Crippen LogP contribution < -0.4 is 0 Å². The van der Waals surface area contributed by atoms with E-state index in [1.807, 2.05) is 24.3 Å². The fourth-order valence-corrected chi connectivity index (χ4v) is 2.53. The van der Waals surface area contributed by atoms with Gasteiger partial charge in [-0.1, -0.05) is 28.1 Å². The first-order valence-corrected chi connectivity index (χ1v) is 7.50. The van der Waals surface area contributed by atoms with Gasteiger partial charge >= 0.3 is 5.97 Å². The summed E-state index contributed by atoms with van der Waals surface area (Å²) in [5, 5.41) is 12.9. The Morgan fingerprint density at radius 2 is 2.14 bits per heavy atom. The summed E-state index contributed by atoms with van der Waals surface area (Å²) in [6, 6.07) is 9.20. The molecule has 0 aliphatic carbocycles. The summed E-state index contributed by atoms with van der Waals surface area (Å²) in [5.74, 6) is -1.17. The van der Waals surface area contributed by atoms with E-state index in [2.05, 4.69) is 21.0 Å². The van der Waals surface area contributed by atoms with E-state index in [-0.39, 0.29) is 18.9 Å². The highest BCUT2D eigenvalue weighted by atomic mass is 79.9. The van der Waals surface area contributed by atoms with Crippen LogP contribution >= 0.6 is 15.9 Å². The Morgan fingerprint density at radius 3 is 2.73 bits per heavy atom. The average molecular weight is 366 g/mol. The van der Waals surface area contributed by atoms with E-state index >= 15 is 0 Å². The molecule has 0 atom stereocenters. The standard InChI is InChI=1S/C15H16BrN3O3/c1-18-13(5-7-17-18)15(22)19(8-6-14(20)21)10-11-3-2-4-12(16)9-11/h2-5,7,9H,6,8,10H2,1H3,(H,20,21). The van der Waals surface area contributed by atoms with Crippen LogP contribution in [0.1, 0.15) is 22.5 Å². The minimum absolute atomic E-state index is 0.0996. The van der Waals surface area contributed by atoms with Gasteiger partial charge in [-0.3, -0.25) is 14.3 Å². The Bertz CT molecular complexity index is 684. The molecule has 0 radical (unpaired) electrons. The number of halogens is 1. The first kappa shape index (κ1) is 16.2. The number of carboxylic acids is 1. The van der Waals surface area contributed by atoms with E-state index < -0.39 is 5.97 Å². The Kier molecular flexibility index (Phi) is 5.32. The third kappa shape index (κ3) is 4.17. The van der Waals surface area contributed by atoms with Gasteiger partial charge in [-0.25, -0.2) is 0 Å². The zero-order valence-corrected chi connectivity index (χ0v) is 13.7. The van der Waals surface area contributed by atoms with Crippen molar-refractivity contribution in [1.82, 2.24) is 14.7 Å². The van der Waals surface area contributed by atoms with Gasteiger partial charge in [-0.05, 0) is 23.8 Å². The molecule has 1 aromatic carbocycles. The van der Waals surface area contributed by atoms with Gasteiger partial charge in [0.2, 0.25) is 0 Å². The highest BCUT2D eigenvalue weighted by Crippen LogP contribution is 2.15. The largest absolute Gasteiger partial charge is 0.481 e. The molecule has 0 aliphatic heterocycles. The average Bonchev–Trinajstić information content (AvgIpc) is 2.88. The number of amides is 1. The molecule has 22 heavy (non-hydrogen) atoms.